The number of carbonyl (C=O) groups is 1. The molecule has 7 nitrogen and oxygen atoms in total. The Morgan fingerprint density at radius 3 is 2.19 bits per heavy atom. The van der Waals surface area contributed by atoms with Crippen LogP contribution in [-0.2, 0) is 0 Å². The van der Waals surface area contributed by atoms with Gasteiger partial charge in [0.05, 0.1) is 27.5 Å². The largest absolute Gasteiger partial charge is 0.493 e. The molecule has 142 valence electrons. The number of nitrogens with one attached hydrogen (secondary N) is 2. The highest BCUT2D eigenvalue weighted by molar-refractivity contribution is 6.08. The number of H-pyrrole nitrogens is 1. The van der Waals surface area contributed by atoms with Crippen molar-refractivity contribution < 1.29 is 19.0 Å². The van der Waals surface area contributed by atoms with Crippen molar-refractivity contribution in [3.8, 4) is 17.2 Å². The molecule has 0 unspecified atom stereocenters. The van der Waals surface area contributed by atoms with E-state index >= 15 is 0 Å². The first-order valence-electron chi connectivity index (χ1n) is 7.88. The molecule has 27 heavy (non-hydrogen) atoms. The number of anilines is 2. The number of halogens is 1. The van der Waals surface area contributed by atoms with Gasteiger partial charge in [0.1, 0.15) is 5.69 Å². The number of para-hydroxylation sites is 1. The van der Waals surface area contributed by atoms with Crippen molar-refractivity contribution in [2.75, 3.05) is 26.6 Å². The number of hydrogen-bond acceptors (Lipinski definition) is 6. The van der Waals surface area contributed by atoms with E-state index in [2.05, 4.69) is 15.3 Å². The number of methoxy groups -OCH3 is 3. The minimum atomic E-state index is -0.238. The molecule has 0 saturated heterocycles. The molecule has 0 spiro atoms. The van der Waals surface area contributed by atoms with Crippen LogP contribution in [-0.4, -0.2) is 37.1 Å². The quantitative estimate of drug-likeness (QED) is 0.597. The number of imidazole rings is 1. The van der Waals surface area contributed by atoms with Crippen LogP contribution in [0.4, 0.5) is 11.6 Å². The standard InChI is InChI=1S/C19H19N3O4.ClH/c1-24-15-9-12(10-16(25-2)18(15)26-3)17(23)14-11-20-19(22-14)21-13-7-5-4-6-8-13;/h4-11H,1-3H3,(H2,20,21,22);1H. The van der Waals surface area contributed by atoms with E-state index in [0.29, 0.717) is 34.5 Å². The molecule has 0 radical (unpaired) electrons. The number of aromatic amines is 1. The molecular weight excluding hydrogens is 370 g/mol. The van der Waals surface area contributed by atoms with Gasteiger partial charge in [0, 0.05) is 11.3 Å². The fourth-order valence-electron chi connectivity index (χ4n) is 2.53. The summed E-state index contributed by atoms with van der Waals surface area (Å²) in [5.41, 5.74) is 1.61. The average Bonchev–Trinajstić information content (AvgIpc) is 3.15. The Balaban J connectivity index is 0.00000261. The van der Waals surface area contributed by atoms with E-state index in [1.54, 1.807) is 12.1 Å². The van der Waals surface area contributed by atoms with Gasteiger partial charge in [0.15, 0.2) is 11.5 Å². The summed E-state index contributed by atoms with van der Waals surface area (Å²) in [7, 11) is 4.52. The van der Waals surface area contributed by atoms with E-state index in [9.17, 15) is 4.79 Å². The predicted molar refractivity (Wildman–Crippen MR) is 105 cm³/mol. The molecule has 0 atom stereocenters. The van der Waals surface area contributed by atoms with Crippen molar-refractivity contribution in [3.63, 3.8) is 0 Å². The first kappa shape index (κ1) is 20.1. The topological polar surface area (TPSA) is 85.5 Å². The van der Waals surface area contributed by atoms with Crippen LogP contribution in [0, 0.1) is 0 Å². The normalized spacial score (nSPS) is 9.89. The van der Waals surface area contributed by atoms with Crippen LogP contribution in [0.3, 0.4) is 0 Å². The number of hydrogen-bond donors (Lipinski definition) is 2. The van der Waals surface area contributed by atoms with Gasteiger partial charge in [-0.05, 0) is 24.3 Å². The summed E-state index contributed by atoms with van der Waals surface area (Å²) >= 11 is 0. The SMILES string of the molecule is COc1cc(C(=O)c2cnc(Nc3ccccc3)[nH]2)cc(OC)c1OC.Cl. The zero-order chi connectivity index (χ0) is 18.5. The van der Waals surface area contributed by atoms with Crippen molar-refractivity contribution in [2.45, 2.75) is 0 Å². The van der Waals surface area contributed by atoms with E-state index in [1.807, 2.05) is 30.3 Å². The van der Waals surface area contributed by atoms with Crippen molar-refractivity contribution in [1.29, 1.82) is 0 Å². The maximum atomic E-state index is 12.8. The molecule has 1 heterocycles. The molecule has 2 aromatic carbocycles. The van der Waals surface area contributed by atoms with E-state index in [4.69, 9.17) is 14.2 Å². The molecule has 1 aromatic heterocycles. The number of nitrogens with zero attached hydrogens (tertiary/aromatic N) is 1. The van der Waals surface area contributed by atoms with E-state index in [0.717, 1.165) is 5.69 Å². The molecule has 0 bridgehead atoms. The number of ketones is 1. The monoisotopic (exact) mass is 389 g/mol. The number of carbonyl (C=O) groups excluding carboxylic acids is 1. The Hall–Kier alpha value is -3.19. The minimum Gasteiger partial charge on any atom is -0.493 e. The van der Waals surface area contributed by atoms with Crippen molar-refractivity contribution in [1.82, 2.24) is 9.97 Å². The summed E-state index contributed by atoms with van der Waals surface area (Å²) in [5.74, 6) is 1.50. The number of rotatable bonds is 7. The maximum Gasteiger partial charge on any atom is 0.211 e. The molecule has 0 saturated carbocycles. The van der Waals surface area contributed by atoms with Gasteiger partial charge in [-0.1, -0.05) is 18.2 Å². The van der Waals surface area contributed by atoms with Crippen LogP contribution in [0.1, 0.15) is 16.1 Å². The van der Waals surface area contributed by atoms with Gasteiger partial charge in [0.25, 0.3) is 0 Å². The van der Waals surface area contributed by atoms with Crippen LogP contribution in [0.5, 0.6) is 17.2 Å². The summed E-state index contributed by atoms with van der Waals surface area (Å²) in [6.07, 6.45) is 1.48. The fraction of sp³-hybridized carbons (Fsp3) is 0.158. The van der Waals surface area contributed by atoms with Crippen molar-refractivity contribution >= 4 is 29.8 Å². The molecule has 0 amide bonds. The van der Waals surface area contributed by atoms with Crippen LogP contribution in [0.15, 0.2) is 48.7 Å². The fourth-order valence-corrected chi connectivity index (χ4v) is 2.53. The smallest absolute Gasteiger partial charge is 0.211 e. The second-order valence-corrected chi connectivity index (χ2v) is 5.38. The van der Waals surface area contributed by atoms with Gasteiger partial charge in [0.2, 0.25) is 17.5 Å². The Morgan fingerprint density at radius 2 is 1.63 bits per heavy atom. The number of aromatic nitrogens is 2. The van der Waals surface area contributed by atoms with Gasteiger partial charge in [-0.15, -0.1) is 12.4 Å². The predicted octanol–water partition coefficient (Wildman–Crippen LogP) is 3.83. The van der Waals surface area contributed by atoms with Gasteiger partial charge in [-0.2, -0.15) is 0 Å². The summed E-state index contributed by atoms with van der Waals surface area (Å²) in [6, 6.07) is 12.8. The zero-order valence-corrected chi connectivity index (χ0v) is 15.9. The lowest BCUT2D eigenvalue weighted by Crippen LogP contribution is -2.04. The molecule has 0 aliphatic heterocycles. The molecule has 0 fully saturated rings. The molecule has 3 aromatic rings. The van der Waals surface area contributed by atoms with Crippen molar-refractivity contribution in [3.05, 3.63) is 59.9 Å². The molecule has 0 aliphatic carbocycles. The van der Waals surface area contributed by atoms with Gasteiger partial charge in [-0.3, -0.25) is 4.79 Å². The summed E-state index contributed by atoms with van der Waals surface area (Å²) in [4.78, 5) is 20.0. The number of benzene rings is 2. The van der Waals surface area contributed by atoms with Crippen molar-refractivity contribution in [2.24, 2.45) is 0 Å². The summed E-state index contributed by atoms with van der Waals surface area (Å²) in [6.45, 7) is 0. The highest BCUT2D eigenvalue weighted by atomic mass is 35.5. The van der Waals surface area contributed by atoms with Crippen LogP contribution in [0.2, 0.25) is 0 Å². The van der Waals surface area contributed by atoms with Crippen LogP contribution < -0.4 is 19.5 Å². The molecule has 2 N–H and O–H groups in total. The number of ether oxygens (including phenoxy) is 3. The van der Waals surface area contributed by atoms with E-state index in [-0.39, 0.29) is 18.2 Å². The minimum absolute atomic E-state index is 0. The van der Waals surface area contributed by atoms with E-state index < -0.39 is 0 Å². The van der Waals surface area contributed by atoms with Gasteiger partial charge >= 0.3 is 0 Å². The summed E-state index contributed by atoms with van der Waals surface area (Å²) in [5, 5.41) is 3.11. The van der Waals surface area contributed by atoms with Crippen LogP contribution >= 0.6 is 12.4 Å². The Morgan fingerprint density at radius 1 is 1.00 bits per heavy atom. The molecule has 0 aliphatic rings. The average molecular weight is 390 g/mol. The maximum absolute atomic E-state index is 12.8. The lowest BCUT2D eigenvalue weighted by Gasteiger charge is -2.13. The van der Waals surface area contributed by atoms with Gasteiger partial charge in [-0.25, -0.2) is 4.98 Å². The lowest BCUT2D eigenvalue weighted by atomic mass is 10.1. The highest BCUT2D eigenvalue weighted by Crippen LogP contribution is 2.38. The highest BCUT2D eigenvalue weighted by Gasteiger charge is 2.19. The summed E-state index contributed by atoms with van der Waals surface area (Å²) < 4.78 is 15.9. The third kappa shape index (κ3) is 4.32. The Labute approximate surface area is 163 Å². The molecular formula is C19H20ClN3O4. The molecule has 3 rings (SSSR count). The lowest BCUT2D eigenvalue weighted by molar-refractivity contribution is 0.103. The van der Waals surface area contributed by atoms with Crippen LogP contribution in [0.25, 0.3) is 0 Å². The Bertz CT molecular complexity index is 887. The molecule has 8 heteroatoms. The third-order valence-electron chi connectivity index (χ3n) is 3.78. The first-order valence-corrected chi connectivity index (χ1v) is 7.88. The zero-order valence-electron chi connectivity index (χ0n) is 15.1. The second kappa shape index (κ2) is 8.95. The Kier molecular flexibility index (Phi) is 6.67. The third-order valence-corrected chi connectivity index (χ3v) is 3.78. The second-order valence-electron chi connectivity index (χ2n) is 5.38. The van der Waals surface area contributed by atoms with Gasteiger partial charge < -0.3 is 24.5 Å². The first-order chi connectivity index (χ1) is 12.7. The van der Waals surface area contributed by atoms with E-state index in [1.165, 1.54) is 27.5 Å².